The van der Waals surface area contributed by atoms with Crippen LogP contribution in [0, 0.1) is 5.82 Å². The Labute approximate surface area is 101 Å². The zero-order chi connectivity index (χ0) is 11.5. The minimum Gasteiger partial charge on any atom is -0.297 e. The van der Waals surface area contributed by atoms with E-state index in [0.29, 0.717) is 26.9 Å². The molecular formula is C11H7ClFNOS. The number of carbonyl (C=O) groups excluding carboxylic acids is 1. The molecule has 0 unspecified atom stereocenters. The van der Waals surface area contributed by atoms with Crippen LogP contribution in [0.4, 0.5) is 4.39 Å². The molecule has 0 atom stereocenters. The van der Waals surface area contributed by atoms with E-state index in [2.05, 4.69) is 4.98 Å². The summed E-state index contributed by atoms with van der Waals surface area (Å²) in [5, 5.41) is 1.05. The Morgan fingerprint density at radius 2 is 2.31 bits per heavy atom. The average molecular weight is 256 g/mol. The Morgan fingerprint density at radius 3 is 2.94 bits per heavy atom. The van der Waals surface area contributed by atoms with Gasteiger partial charge in [-0.05, 0) is 12.1 Å². The van der Waals surface area contributed by atoms with E-state index in [-0.39, 0.29) is 5.82 Å². The molecule has 1 aromatic carbocycles. The number of hydrogen-bond acceptors (Lipinski definition) is 3. The minimum absolute atomic E-state index is 0.310. The molecule has 0 aliphatic rings. The smallest absolute Gasteiger partial charge is 0.161 e. The summed E-state index contributed by atoms with van der Waals surface area (Å²) in [7, 11) is 0. The summed E-state index contributed by atoms with van der Waals surface area (Å²) in [6.45, 7) is 0. The van der Waals surface area contributed by atoms with E-state index in [1.54, 1.807) is 12.1 Å². The first-order valence-corrected chi connectivity index (χ1v) is 5.73. The second kappa shape index (κ2) is 4.72. The number of nitrogens with zero attached hydrogens (tertiary/aromatic N) is 1. The van der Waals surface area contributed by atoms with Crippen molar-refractivity contribution in [2.24, 2.45) is 0 Å². The molecule has 0 saturated heterocycles. The molecule has 82 valence electrons. The Bertz CT molecular complexity index is 506. The minimum atomic E-state index is -0.352. The zero-order valence-electron chi connectivity index (χ0n) is 8.11. The van der Waals surface area contributed by atoms with E-state index in [9.17, 15) is 9.18 Å². The molecule has 0 saturated carbocycles. The molecule has 0 aliphatic heterocycles. The molecule has 2 aromatic rings. The standard InChI is InChI=1S/C11H7ClFNOS/c12-9-2-1-3-10(13)8(9)4-11-14-5-7(6-15)16-11/h1-3,5-6H,4H2. The van der Waals surface area contributed by atoms with Gasteiger partial charge in [0, 0.05) is 23.2 Å². The number of carbonyl (C=O) groups is 1. The number of hydrogen-bond donors (Lipinski definition) is 0. The van der Waals surface area contributed by atoms with Gasteiger partial charge < -0.3 is 0 Å². The Balaban J connectivity index is 2.29. The molecule has 0 aliphatic carbocycles. The fourth-order valence-electron chi connectivity index (χ4n) is 1.31. The van der Waals surface area contributed by atoms with Gasteiger partial charge in [0.05, 0.1) is 9.88 Å². The molecule has 2 nitrogen and oxygen atoms in total. The number of halogens is 2. The van der Waals surface area contributed by atoms with Gasteiger partial charge in [-0.3, -0.25) is 4.79 Å². The van der Waals surface area contributed by atoms with Crippen LogP contribution in [-0.2, 0) is 6.42 Å². The molecule has 2 rings (SSSR count). The topological polar surface area (TPSA) is 30.0 Å². The van der Waals surface area contributed by atoms with Crippen molar-refractivity contribution >= 4 is 29.2 Å². The fourth-order valence-corrected chi connectivity index (χ4v) is 2.29. The summed E-state index contributed by atoms with van der Waals surface area (Å²) >= 11 is 7.13. The molecule has 16 heavy (non-hydrogen) atoms. The van der Waals surface area contributed by atoms with E-state index in [1.807, 2.05) is 0 Å². The fraction of sp³-hybridized carbons (Fsp3) is 0.0909. The number of thiazole rings is 1. The van der Waals surface area contributed by atoms with Gasteiger partial charge in [-0.25, -0.2) is 9.37 Å². The van der Waals surface area contributed by atoms with Crippen molar-refractivity contribution in [2.75, 3.05) is 0 Å². The van der Waals surface area contributed by atoms with Gasteiger partial charge in [-0.2, -0.15) is 0 Å². The van der Waals surface area contributed by atoms with E-state index in [0.717, 1.165) is 6.29 Å². The third kappa shape index (κ3) is 2.28. The molecule has 1 aromatic heterocycles. The average Bonchev–Trinajstić information content (AvgIpc) is 2.71. The van der Waals surface area contributed by atoms with Crippen molar-refractivity contribution < 1.29 is 9.18 Å². The molecule has 0 fully saturated rings. The van der Waals surface area contributed by atoms with Gasteiger partial charge in [-0.15, -0.1) is 11.3 Å². The number of aldehydes is 1. The normalized spacial score (nSPS) is 10.4. The Morgan fingerprint density at radius 1 is 1.50 bits per heavy atom. The van der Waals surface area contributed by atoms with Crippen LogP contribution in [0.1, 0.15) is 20.2 Å². The van der Waals surface area contributed by atoms with Gasteiger partial charge in [0.25, 0.3) is 0 Å². The van der Waals surface area contributed by atoms with Crippen molar-refractivity contribution in [3.05, 3.63) is 50.7 Å². The second-order valence-corrected chi connectivity index (χ2v) is 4.71. The highest BCUT2D eigenvalue weighted by atomic mass is 35.5. The molecule has 0 bridgehead atoms. The maximum Gasteiger partial charge on any atom is 0.161 e. The summed E-state index contributed by atoms with van der Waals surface area (Å²) in [5.41, 5.74) is 0.413. The lowest BCUT2D eigenvalue weighted by atomic mass is 10.1. The summed E-state index contributed by atoms with van der Waals surface area (Å²) in [6.07, 6.45) is 2.51. The van der Waals surface area contributed by atoms with Crippen LogP contribution < -0.4 is 0 Å². The largest absolute Gasteiger partial charge is 0.297 e. The highest BCUT2D eigenvalue weighted by Gasteiger charge is 2.10. The van der Waals surface area contributed by atoms with E-state index < -0.39 is 0 Å². The first-order chi connectivity index (χ1) is 7.70. The number of rotatable bonds is 3. The van der Waals surface area contributed by atoms with Crippen molar-refractivity contribution in [2.45, 2.75) is 6.42 Å². The zero-order valence-corrected chi connectivity index (χ0v) is 9.69. The van der Waals surface area contributed by atoms with E-state index in [1.165, 1.54) is 23.6 Å². The molecule has 0 spiro atoms. The lowest BCUT2D eigenvalue weighted by Gasteiger charge is -2.02. The van der Waals surface area contributed by atoms with E-state index >= 15 is 0 Å². The van der Waals surface area contributed by atoms with Crippen molar-refractivity contribution in [3.8, 4) is 0 Å². The van der Waals surface area contributed by atoms with E-state index in [4.69, 9.17) is 11.6 Å². The maximum absolute atomic E-state index is 13.4. The predicted octanol–water partition coefficient (Wildman–Crippen LogP) is 3.34. The van der Waals surface area contributed by atoms with Gasteiger partial charge >= 0.3 is 0 Å². The molecule has 5 heteroatoms. The van der Waals surface area contributed by atoms with Crippen molar-refractivity contribution in [1.82, 2.24) is 4.98 Å². The van der Waals surface area contributed by atoms with Crippen LogP contribution in [0.25, 0.3) is 0 Å². The summed E-state index contributed by atoms with van der Waals surface area (Å²) in [5.74, 6) is -0.352. The van der Waals surface area contributed by atoms with Crippen LogP contribution in [0.3, 0.4) is 0 Å². The lowest BCUT2D eigenvalue weighted by molar-refractivity contribution is 0.112. The van der Waals surface area contributed by atoms with Crippen molar-refractivity contribution in [3.63, 3.8) is 0 Å². The Kier molecular flexibility index (Phi) is 3.31. The molecule has 0 N–H and O–H groups in total. The third-order valence-electron chi connectivity index (χ3n) is 2.08. The quantitative estimate of drug-likeness (QED) is 0.788. The third-order valence-corrected chi connectivity index (χ3v) is 3.35. The first-order valence-electron chi connectivity index (χ1n) is 4.53. The summed E-state index contributed by atoms with van der Waals surface area (Å²) in [4.78, 5) is 15.0. The molecule has 0 amide bonds. The summed E-state index contributed by atoms with van der Waals surface area (Å²) in [6, 6.07) is 4.55. The highest BCUT2D eigenvalue weighted by Crippen LogP contribution is 2.23. The number of aromatic nitrogens is 1. The van der Waals surface area contributed by atoms with Crippen LogP contribution >= 0.6 is 22.9 Å². The number of benzene rings is 1. The van der Waals surface area contributed by atoms with Crippen LogP contribution in [0.15, 0.2) is 24.4 Å². The monoisotopic (exact) mass is 255 g/mol. The van der Waals surface area contributed by atoms with Crippen LogP contribution in [0.5, 0.6) is 0 Å². The Hall–Kier alpha value is -1.26. The summed E-state index contributed by atoms with van der Waals surface area (Å²) < 4.78 is 13.4. The van der Waals surface area contributed by atoms with Crippen molar-refractivity contribution in [1.29, 1.82) is 0 Å². The molecule has 0 radical (unpaired) electrons. The van der Waals surface area contributed by atoms with Gasteiger partial charge in [0.1, 0.15) is 5.82 Å². The first kappa shape index (κ1) is 11.2. The van der Waals surface area contributed by atoms with Crippen LogP contribution in [-0.4, -0.2) is 11.3 Å². The van der Waals surface area contributed by atoms with Gasteiger partial charge in [-0.1, -0.05) is 17.7 Å². The molecular weight excluding hydrogens is 249 g/mol. The second-order valence-electron chi connectivity index (χ2n) is 3.15. The predicted molar refractivity (Wildman–Crippen MR) is 61.7 cm³/mol. The SMILES string of the molecule is O=Cc1cnc(Cc2c(F)cccc2Cl)s1. The highest BCUT2D eigenvalue weighted by molar-refractivity contribution is 7.13. The maximum atomic E-state index is 13.4. The van der Waals surface area contributed by atoms with Gasteiger partial charge in [0.15, 0.2) is 6.29 Å². The molecule has 1 heterocycles. The van der Waals surface area contributed by atoms with Crippen LogP contribution in [0.2, 0.25) is 5.02 Å². The van der Waals surface area contributed by atoms with Gasteiger partial charge in [0.2, 0.25) is 0 Å². The lowest BCUT2D eigenvalue weighted by Crippen LogP contribution is -1.92.